The van der Waals surface area contributed by atoms with Crippen molar-refractivity contribution in [2.45, 2.75) is 6.92 Å². The van der Waals surface area contributed by atoms with Gasteiger partial charge < -0.3 is 0 Å². The molecule has 0 radical (unpaired) electrons. The molecule has 0 spiro atoms. The maximum Gasteiger partial charge on any atom is 0.244 e. The SMILES string of the molecule is C=C(C)C(=O)C(=O)C=NC=O. The molecule has 58 valence electrons. The lowest BCUT2D eigenvalue weighted by Crippen LogP contribution is -2.15. The summed E-state index contributed by atoms with van der Waals surface area (Å²) in [5.74, 6) is -1.56. The van der Waals surface area contributed by atoms with Crippen molar-refractivity contribution in [2.75, 3.05) is 0 Å². The van der Waals surface area contributed by atoms with E-state index in [2.05, 4.69) is 11.6 Å². The Morgan fingerprint density at radius 1 is 1.45 bits per heavy atom. The number of hydrogen-bond acceptors (Lipinski definition) is 3. The Hall–Kier alpha value is -1.58. The van der Waals surface area contributed by atoms with E-state index in [0.29, 0.717) is 6.21 Å². The standard InChI is InChI=1S/C7H7NO3/c1-5(2)7(11)6(10)3-8-4-9/h3-4H,1H2,2H3. The number of hydrogen-bond donors (Lipinski definition) is 0. The number of rotatable bonds is 4. The van der Waals surface area contributed by atoms with Gasteiger partial charge in [-0.3, -0.25) is 14.4 Å². The van der Waals surface area contributed by atoms with Crippen molar-refractivity contribution in [3.63, 3.8) is 0 Å². The lowest BCUT2D eigenvalue weighted by atomic mass is 10.1. The second kappa shape index (κ2) is 4.27. The van der Waals surface area contributed by atoms with E-state index < -0.39 is 11.6 Å². The Balaban J connectivity index is 4.26. The predicted molar refractivity (Wildman–Crippen MR) is 39.4 cm³/mol. The highest BCUT2D eigenvalue weighted by Gasteiger charge is 2.10. The van der Waals surface area contributed by atoms with E-state index in [1.807, 2.05) is 0 Å². The van der Waals surface area contributed by atoms with Gasteiger partial charge in [-0.2, -0.15) is 0 Å². The number of allylic oxidation sites excluding steroid dienone is 1. The van der Waals surface area contributed by atoms with Gasteiger partial charge in [-0.1, -0.05) is 6.58 Å². The fraction of sp³-hybridized carbons (Fsp3) is 0.143. The Labute approximate surface area is 63.6 Å². The van der Waals surface area contributed by atoms with Gasteiger partial charge in [0.25, 0.3) is 0 Å². The number of amides is 1. The molecule has 0 aromatic heterocycles. The molecule has 0 saturated carbocycles. The summed E-state index contributed by atoms with van der Waals surface area (Å²) in [6, 6.07) is 0. The highest BCUT2D eigenvalue weighted by molar-refractivity contribution is 6.62. The van der Waals surface area contributed by atoms with Gasteiger partial charge in [-0.15, -0.1) is 0 Å². The van der Waals surface area contributed by atoms with E-state index in [1.165, 1.54) is 6.92 Å². The van der Waals surface area contributed by atoms with Gasteiger partial charge in [0, 0.05) is 0 Å². The minimum atomic E-state index is -0.829. The van der Waals surface area contributed by atoms with Crippen LogP contribution in [-0.4, -0.2) is 24.2 Å². The summed E-state index contributed by atoms with van der Waals surface area (Å²) < 4.78 is 0. The summed E-state index contributed by atoms with van der Waals surface area (Å²) in [5, 5.41) is 0. The first-order valence-electron chi connectivity index (χ1n) is 2.80. The average Bonchev–Trinajstić information content (AvgIpc) is 1.98. The van der Waals surface area contributed by atoms with Gasteiger partial charge >= 0.3 is 0 Å². The van der Waals surface area contributed by atoms with Crippen LogP contribution in [0.25, 0.3) is 0 Å². The first-order valence-corrected chi connectivity index (χ1v) is 2.80. The molecule has 0 fully saturated rings. The zero-order valence-corrected chi connectivity index (χ0v) is 6.03. The van der Waals surface area contributed by atoms with Crippen molar-refractivity contribution in [2.24, 2.45) is 4.99 Å². The zero-order chi connectivity index (χ0) is 8.85. The number of Topliss-reactive ketones (excluding diaryl/α,β-unsaturated/α-hetero) is 2. The minimum Gasteiger partial charge on any atom is -0.285 e. The summed E-state index contributed by atoms with van der Waals surface area (Å²) in [5.41, 5.74) is 0.132. The minimum absolute atomic E-state index is 0.132. The van der Waals surface area contributed by atoms with E-state index in [0.717, 1.165) is 0 Å². The lowest BCUT2D eigenvalue weighted by molar-refractivity contribution is -0.130. The second-order valence-electron chi connectivity index (χ2n) is 1.86. The maximum absolute atomic E-state index is 10.7. The van der Waals surface area contributed by atoms with Crippen molar-refractivity contribution in [1.82, 2.24) is 0 Å². The second-order valence-corrected chi connectivity index (χ2v) is 1.86. The summed E-state index contributed by atoms with van der Waals surface area (Å²) in [6.45, 7) is 4.68. The summed E-state index contributed by atoms with van der Waals surface area (Å²) >= 11 is 0. The molecule has 1 amide bonds. The van der Waals surface area contributed by atoms with Gasteiger partial charge in [0.05, 0.1) is 6.21 Å². The molecule has 0 heterocycles. The van der Waals surface area contributed by atoms with Crippen LogP contribution in [0.1, 0.15) is 6.92 Å². The molecule has 0 unspecified atom stereocenters. The molecule has 11 heavy (non-hydrogen) atoms. The van der Waals surface area contributed by atoms with Crippen LogP contribution in [0.3, 0.4) is 0 Å². The molecule has 0 aliphatic rings. The first kappa shape index (κ1) is 9.42. The van der Waals surface area contributed by atoms with Crippen molar-refractivity contribution in [3.05, 3.63) is 12.2 Å². The van der Waals surface area contributed by atoms with Crippen LogP contribution >= 0.6 is 0 Å². The molecule has 0 rings (SSSR count). The number of carbonyl (C=O) groups excluding carboxylic acids is 3. The molecule has 4 heteroatoms. The number of aliphatic imine (C=N–C) groups is 1. The Morgan fingerprint density at radius 2 is 2.00 bits per heavy atom. The summed E-state index contributed by atoms with van der Waals surface area (Å²) in [7, 11) is 0. The normalized spacial score (nSPS) is 9.55. The lowest BCUT2D eigenvalue weighted by Gasteiger charge is -1.89. The molecule has 0 saturated heterocycles. The monoisotopic (exact) mass is 153 g/mol. The van der Waals surface area contributed by atoms with Crippen LogP contribution in [0, 0.1) is 0 Å². The van der Waals surface area contributed by atoms with E-state index >= 15 is 0 Å². The largest absolute Gasteiger partial charge is 0.285 e. The van der Waals surface area contributed by atoms with Crippen molar-refractivity contribution in [1.29, 1.82) is 0 Å². The highest BCUT2D eigenvalue weighted by atomic mass is 16.2. The van der Waals surface area contributed by atoms with E-state index in [4.69, 9.17) is 0 Å². The number of carbonyl (C=O) groups is 3. The molecule has 0 aromatic rings. The van der Waals surface area contributed by atoms with Gasteiger partial charge in [-0.05, 0) is 12.5 Å². The van der Waals surface area contributed by atoms with Crippen molar-refractivity contribution in [3.8, 4) is 0 Å². The third-order valence-electron chi connectivity index (χ3n) is 0.864. The van der Waals surface area contributed by atoms with Crippen LogP contribution in [-0.2, 0) is 14.4 Å². The van der Waals surface area contributed by atoms with Crippen LogP contribution in [0.15, 0.2) is 17.1 Å². The van der Waals surface area contributed by atoms with Crippen LogP contribution in [0.5, 0.6) is 0 Å². The quantitative estimate of drug-likeness (QED) is 0.246. The Morgan fingerprint density at radius 3 is 2.36 bits per heavy atom. The molecule has 0 aliphatic carbocycles. The van der Waals surface area contributed by atoms with Crippen LogP contribution in [0.4, 0.5) is 0 Å². The Bertz CT molecular complexity index is 240. The number of ketones is 2. The smallest absolute Gasteiger partial charge is 0.244 e. The summed E-state index contributed by atoms with van der Waals surface area (Å²) in [6.07, 6.45) is 0.855. The van der Waals surface area contributed by atoms with Crippen LogP contribution in [0.2, 0.25) is 0 Å². The predicted octanol–water partition coefficient (Wildman–Crippen LogP) is -0.0721. The van der Waals surface area contributed by atoms with Gasteiger partial charge in [0.15, 0.2) is 0 Å². The maximum atomic E-state index is 10.7. The molecule has 0 aromatic carbocycles. The molecular formula is C7H7NO3. The van der Waals surface area contributed by atoms with Gasteiger partial charge in [0.1, 0.15) is 0 Å². The molecule has 0 N–H and O–H groups in total. The average molecular weight is 153 g/mol. The molecule has 4 nitrogen and oxygen atoms in total. The number of nitrogens with zero attached hydrogens (tertiary/aromatic N) is 1. The third-order valence-corrected chi connectivity index (χ3v) is 0.864. The third kappa shape index (κ3) is 3.20. The van der Waals surface area contributed by atoms with Crippen molar-refractivity contribution >= 4 is 24.2 Å². The molecule has 0 atom stereocenters. The Kier molecular flexibility index (Phi) is 3.66. The molecule has 0 aliphatic heterocycles. The molecule has 0 bridgehead atoms. The van der Waals surface area contributed by atoms with Crippen LogP contribution < -0.4 is 0 Å². The van der Waals surface area contributed by atoms with E-state index in [1.54, 1.807) is 0 Å². The van der Waals surface area contributed by atoms with Crippen molar-refractivity contribution < 1.29 is 14.4 Å². The topological polar surface area (TPSA) is 63.6 Å². The fourth-order valence-corrected chi connectivity index (χ4v) is 0.367. The first-order chi connectivity index (χ1) is 5.09. The van der Waals surface area contributed by atoms with E-state index in [-0.39, 0.29) is 12.0 Å². The van der Waals surface area contributed by atoms with Gasteiger partial charge in [0.2, 0.25) is 18.0 Å². The summed E-state index contributed by atoms with van der Waals surface area (Å²) in [4.78, 5) is 33.9. The molecular weight excluding hydrogens is 146 g/mol. The fourth-order valence-electron chi connectivity index (χ4n) is 0.367. The highest BCUT2D eigenvalue weighted by Crippen LogP contribution is 1.88. The zero-order valence-electron chi connectivity index (χ0n) is 6.03. The van der Waals surface area contributed by atoms with Gasteiger partial charge in [-0.25, -0.2) is 4.99 Å². The van der Waals surface area contributed by atoms with E-state index in [9.17, 15) is 14.4 Å².